The predicted octanol–water partition coefficient (Wildman–Crippen LogP) is 1.71. The zero-order valence-corrected chi connectivity index (χ0v) is 8.22. The van der Waals surface area contributed by atoms with Crippen LogP contribution in [0.15, 0.2) is 11.8 Å². The lowest BCUT2D eigenvalue weighted by molar-refractivity contribution is -0.139. The fourth-order valence-corrected chi connectivity index (χ4v) is 0.854. The van der Waals surface area contributed by atoms with Gasteiger partial charge in [0.05, 0.1) is 26.0 Å². The monoisotopic (exact) mass is 192 g/mol. The van der Waals surface area contributed by atoms with Crippen molar-refractivity contribution >= 4 is 17.6 Å². The third-order valence-electron chi connectivity index (χ3n) is 1.33. The Morgan fingerprint density at radius 3 is 2.42 bits per heavy atom. The van der Waals surface area contributed by atoms with Gasteiger partial charge in [-0.2, -0.15) is 0 Å². The lowest BCUT2D eigenvalue weighted by atomic mass is 10.3. The molecule has 70 valence electrons. The van der Waals surface area contributed by atoms with E-state index in [0.717, 1.165) is 0 Å². The minimum Gasteiger partial charge on any atom is -0.500 e. The van der Waals surface area contributed by atoms with E-state index < -0.39 is 0 Å². The van der Waals surface area contributed by atoms with E-state index >= 15 is 0 Å². The van der Waals surface area contributed by atoms with Gasteiger partial charge in [-0.3, -0.25) is 4.79 Å². The van der Waals surface area contributed by atoms with Crippen molar-refractivity contribution in [3.8, 4) is 0 Å². The first-order valence-corrected chi connectivity index (χ1v) is 4.00. The molecule has 0 spiro atoms. The molecule has 0 heterocycles. The summed E-state index contributed by atoms with van der Waals surface area (Å²) < 4.78 is 9.37. The molecule has 0 saturated heterocycles. The Kier molecular flexibility index (Phi) is 5.54. The maximum absolute atomic E-state index is 10.7. The number of ether oxygens (including phenoxy) is 2. The van der Waals surface area contributed by atoms with Crippen LogP contribution < -0.4 is 0 Å². The van der Waals surface area contributed by atoms with E-state index in [1.54, 1.807) is 13.0 Å². The maximum Gasteiger partial charge on any atom is 0.309 e. The van der Waals surface area contributed by atoms with E-state index in [1.807, 2.05) is 0 Å². The Labute approximate surface area is 77.3 Å². The quantitative estimate of drug-likeness (QED) is 0.387. The average Bonchev–Trinajstić information content (AvgIpc) is 2.04. The Hall–Kier alpha value is -0.700. The van der Waals surface area contributed by atoms with Gasteiger partial charge in [-0.15, -0.1) is 11.6 Å². The zero-order chi connectivity index (χ0) is 9.56. The van der Waals surface area contributed by atoms with Gasteiger partial charge in [-0.25, -0.2) is 0 Å². The van der Waals surface area contributed by atoms with Gasteiger partial charge in [0.15, 0.2) is 0 Å². The first-order valence-electron chi connectivity index (χ1n) is 3.56. The van der Waals surface area contributed by atoms with Gasteiger partial charge in [0, 0.05) is 0 Å². The summed E-state index contributed by atoms with van der Waals surface area (Å²) in [6.07, 6.45) is 1.81. The van der Waals surface area contributed by atoms with E-state index in [0.29, 0.717) is 5.76 Å². The molecule has 0 rings (SSSR count). The lowest BCUT2D eigenvalue weighted by Gasteiger charge is -2.06. The van der Waals surface area contributed by atoms with Crippen LogP contribution in [0.1, 0.15) is 13.3 Å². The normalized spacial score (nSPS) is 13.8. The summed E-state index contributed by atoms with van der Waals surface area (Å²) in [4.78, 5) is 10.7. The Morgan fingerprint density at radius 1 is 1.50 bits per heavy atom. The molecular weight excluding hydrogens is 180 g/mol. The van der Waals surface area contributed by atoms with E-state index in [-0.39, 0.29) is 17.8 Å². The van der Waals surface area contributed by atoms with Crippen LogP contribution in [-0.4, -0.2) is 25.6 Å². The van der Waals surface area contributed by atoms with E-state index in [2.05, 4.69) is 4.74 Å². The minimum atomic E-state index is -0.304. The van der Waals surface area contributed by atoms with Crippen LogP contribution in [-0.2, 0) is 14.3 Å². The molecule has 1 atom stereocenters. The number of hydrogen-bond acceptors (Lipinski definition) is 3. The summed E-state index contributed by atoms with van der Waals surface area (Å²) in [6.45, 7) is 1.77. The van der Waals surface area contributed by atoms with Gasteiger partial charge >= 0.3 is 5.97 Å². The third kappa shape index (κ3) is 4.23. The topological polar surface area (TPSA) is 35.5 Å². The van der Waals surface area contributed by atoms with Crippen molar-refractivity contribution < 1.29 is 14.3 Å². The van der Waals surface area contributed by atoms with E-state index in [4.69, 9.17) is 16.3 Å². The summed E-state index contributed by atoms with van der Waals surface area (Å²) in [7, 11) is 2.86. The van der Waals surface area contributed by atoms with Crippen LogP contribution in [0.2, 0.25) is 0 Å². The Balaban J connectivity index is 4.03. The Bertz CT molecular complexity index is 175. The molecule has 1 unspecified atom stereocenters. The van der Waals surface area contributed by atoms with Crippen LogP contribution in [0.25, 0.3) is 0 Å². The van der Waals surface area contributed by atoms with Crippen LogP contribution in [0.3, 0.4) is 0 Å². The number of carbonyl (C=O) groups is 1. The van der Waals surface area contributed by atoms with Crippen molar-refractivity contribution in [3.63, 3.8) is 0 Å². The molecule has 0 radical (unpaired) electrons. The number of allylic oxidation sites excluding steroid dienone is 1. The number of methoxy groups -OCH3 is 2. The van der Waals surface area contributed by atoms with Crippen molar-refractivity contribution in [1.82, 2.24) is 0 Å². The fourth-order valence-electron chi connectivity index (χ4n) is 0.675. The second-order valence-corrected chi connectivity index (χ2v) is 2.86. The van der Waals surface area contributed by atoms with Gasteiger partial charge < -0.3 is 9.47 Å². The highest BCUT2D eigenvalue weighted by atomic mass is 35.5. The first kappa shape index (κ1) is 11.3. The molecule has 0 aromatic heterocycles. The van der Waals surface area contributed by atoms with Crippen LogP contribution in [0.5, 0.6) is 0 Å². The second-order valence-electron chi connectivity index (χ2n) is 2.21. The zero-order valence-electron chi connectivity index (χ0n) is 7.46. The molecule has 0 fully saturated rings. The summed E-state index contributed by atoms with van der Waals surface area (Å²) in [6, 6.07) is 0. The number of halogens is 1. The number of alkyl halides is 1. The lowest BCUT2D eigenvalue weighted by Crippen LogP contribution is -2.03. The van der Waals surface area contributed by atoms with Crippen molar-refractivity contribution in [1.29, 1.82) is 0 Å². The largest absolute Gasteiger partial charge is 0.500 e. The van der Waals surface area contributed by atoms with Gasteiger partial charge in [0.2, 0.25) is 0 Å². The van der Waals surface area contributed by atoms with Gasteiger partial charge in [-0.1, -0.05) is 0 Å². The average molecular weight is 193 g/mol. The molecule has 0 N–H and O–H groups in total. The molecule has 0 aromatic carbocycles. The molecule has 0 aliphatic heterocycles. The van der Waals surface area contributed by atoms with E-state index in [1.165, 1.54) is 14.2 Å². The van der Waals surface area contributed by atoms with Crippen molar-refractivity contribution in [2.45, 2.75) is 18.7 Å². The summed E-state index contributed by atoms with van der Waals surface area (Å²) >= 11 is 5.73. The van der Waals surface area contributed by atoms with Crippen molar-refractivity contribution in [2.75, 3.05) is 14.2 Å². The maximum atomic E-state index is 10.7. The first-order chi connectivity index (χ1) is 5.61. The summed E-state index contributed by atoms with van der Waals surface area (Å²) in [5.41, 5.74) is 0. The van der Waals surface area contributed by atoms with Crippen molar-refractivity contribution in [3.05, 3.63) is 11.8 Å². The highest BCUT2D eigenvalue weighted by Crippen LogP contribution is 2.10. The van der Waals surface area contributed by atoms with Crippen LogP contribution >= 0.6 is 11.6 Å². The van der Waals surface area contributed by atoms with Crippen LogP contribution in [0, 0.1) is 0 Å². The summed E-state index contributed by atoms with van der Waals surface area (Å²) in [5.74, 6) is 0.281. The molecule has 0 aliphatic carbocycles. The number of esters is 1. The minimum absolute atomic E-state index is 0.191. The highest BCUT2D eigenvalue weighted by molar-refractivity contribution is 6.21. The molecule has 0 amide bonds. The Morgan fingerprint density at radius 2 is 2.08 bits per heavy atom. The van der Waals surface area contributed by atoms with Crippen molar-refractivity contribution in [2.24, 2.45) is 0 Å². The smallest absolute Gasteiger partial charge is 0.309 e. The molecule has 0 aromatic rings. The predicted molar refractivity (Wildman–Crippen MR) is 47.0 cm³/mol. The summed E-state index contributed by atoms with van der Waals surface area (Å²) in [5, 5.41) is -0.223. The van der Waals surface area contributed by atoms with E-state index in [9.17, 15) is 4.79 Å². The van der Waals surface area contributed by atoms with Gasteiger partial charge in [0.25, 0.3) is 0 Å². The second kappa shape index (κ2) is 5.89. The molecule has 12 heavy (non-hydrogen) atoms. The number of hydrogen-bond donors (Lipinski definition) is 0. The highest BCUT2D eigenvalue weighted by Gasteiger charge is 2.05. The molecule has 3 nitrogen and oxygen atoms in total. The third-order valence-corrected chi connectivity index (χ3v) is 1.54. The molecule has 0 bridgehead atoms. The standard InChI is InChI=1S/C8H13ClO3/c1-6(9)7(11-2)4-5-8(10)12-3/h4,6H,5H2,1-3H3. The molecule has 4 heteroatoms. The molecule has 0 saturated carbocycles. The fraction of sp³-hybridized carbons (Fsp3) is 0.625. The van der Waals surface area contributed by atoms with Gasteiger partial charge in [0.1, 0.15) is 5.76 Å². The molecule has 0 aliphatic rings. The number of carbonyl (C=O) groups excluding carboxylic acids is 1. The van der Waals surface area contributed by atoms with Crippen LogP contribution in [0.4, 0.5) is 0 Å². The SMILES string of the molecule is COC(=O)CC=C(OC)C(C)Cl. The van der Waals surface area contributed by atoms with Gasteiger partial charge in [-0.05, 0) is 13.0 Å². The molecular formula is C8H13ClO3. The number of rotatable bonds is 4.